The van der Waals surface area contributed by atoms with Crippen LogP contribution in [0, 0.1) is 0 Å². The molecule has 1 unspecified atom stereocenters. The van der Waals surface area contributed by atoms with Crippen LogP contribution < -0.4 is 0 Å². The third kappa shape index (κ3) is 6.47. The molecule has 0 rings (SSSR count). The molecule has 0 aromatic heterocycles. The Kier molecular flexibility index (Phi) is 7.14. The van der Waals surface area contributed by atoms with E-state index >= 15 is 0 Å². The number of rotatable bonds is 4. The number of carbonyl (C=O) groups is 1. The van der Waals surface area contributed by atoms with Crippen molar-refractivity contribution < 1.29 is 28.4 Å². The summed E-state index contributed by atoms with van der Waals surface area (Å²) in [5, 5.41) is 0. The van der Waals surface area contributed by atoms with E-state index in [1.807, 2.05) is 0 Å². The fourth-order valence-corrected chi connectivity index (χ4v) is 0.949. The van der Waals surface area contributed by atoms with Crippen molar-refractivity contribution in [3.8, 4) is 0 Å². The molecule has 0 bridgehead atoms. The molecule has 0 aliphatic rings. The van der Waals surface area contributed by atoms with E-state index in [-0.39, 0.29) is 5.97 Å². The molecule has 0 aromatic carbocycles. The number of unbranched alkanes of at least 4 members (excludes halogenated alkanes) is 1. The summed E-state index contributed by atoms with van der Waals surface area (Å²) < 4.78 is 4.46. The first-order valence-electron chi connectivity index (χ1n) is 2.84. The molecule has 0 aliphatic carbocycles. The van der Waals surface area contributed by atoms with Gasteiger partial charge in [-0.25, -0.2) is 0 Å². The summed E-state index contributed by atoms with van der Waals surface area (Å²) in [6, 6.07) is 0. The Morgan fingerprint density at radius 1 is 1.56 bits per heavy atom. The molecular weight excluding hydrogens is 219 g/mol. The Morgan fingerprint density at radius 3 is 2.67 bits per heavy atom. The van der Waals surface area contributed by atoms with E-state index in [9.17, 15) is 4.79 Å². The van der Waals surface area contributed by atoms with Crippen molar-refractivity contribution in [3.05, 3.63) is 0 Å². The van der Waals surface area contributed by atoms with Crippen LogP contribution in [0.1, 0.15) is 19.3 Å². The van der Waals surface area contributed by atoms with Gasteiger partial charge in [-0.05, 0) is 0 Å². The monoisotopic (exact) mass is 231 g/mol. The number of carbonyl (C=O) groups excluding carboxylic acids is 1. The molecule has 0 aliphatic heterocycles. The summed E-state index contributed by atoms with van der Waals surface area (Å²) >= 11 is 1.36. The minimum absolute atomic E-state index is 0.0988. The van der Waals surface area contributed by atoms with Gasteiger partial charge in [-0.2, -0.15) is 0 Å². The summed E-state index contributed by atoms with van der Waals surface area (Å²) in [5.74, 6) is -0.0988. The fourth-order valence-electron chi connectivity index (χ4n) is 0.455. The molecule has 0 fully saturated rings. The first-order chi connectivity index (χ1) is 4.31. The van der Waals surface area contributed by atoms with Crippen LogP contribution in [0.5, 0.6) is 0 Å². The van der Waals surface area contributed by atoms with Gasteiger partial charge in [-0.15, -0.1) is 0 Å². The second kappa shape index (κ2) is 6.70. The molecule has 0 N–H and O–H groups in total. The van der Waals surface area contributed by atoms with Crippen LogP contribution in [-0.2, 0) is 28.4 Å². The average Bonchev–Trinajstić information content (AvgIpc) is 1.89. The summed E-state index contributed by atoms with van der Waals surface area (Å²) in [6.45, 7) is 0. The molecule has 0 amide bonds. The van der Waals surface area contributed by atoms with Gasteiger partial charge in [0, 0.05) is 0 Å². The summed E-state index contributed by atoms with van der Waals surface area (Å²) in [6.07, 6.45) is 3.66. The predicted octanol–water partition coefficient (Wildman–Crippen LogP) is 1.04. The Hall–Kier alpha value is 0.588. The molecule has 1 atom stereocenters. The second-order valence-electron chi connectivity index (χ2n) is 1.70. The van der Waals surface area contributed by atoms with Crippen molar-refractivity contribution in [1.82, 2.24) is 0 Å². The zero-order chi connectivity index (χ0) is 7.11. The first-order valence-corrected chi connectivity index (χ1v) is 4.47. The minimum atomic E-state index is -0.0988. The summed E-state index contributed by atoms with van der Waals surface area (Å²) in [5.41, 5.74) is 0. The van der Waals surface area contributed by atoms with E-state index in [2.05, 4.69) is 12.6 Å². The molecule has 0 aromatic rings. The van der Waals surface area contributed by atoms with Crippen LogP contribution in [0.25, 0.3) is 0 Å². The van der Waals surface area contributed by atoms with E-state index in [0.29, 0.717) is 6.42 Å². The van der Waals surface area contributed by atoms with Crippen molar-refractivity contribution in [3.63, 3.8) is 0 Å². The van der Waals surface area contributed by atoms with E-state index < -0.39 is 0 Å². The van der Waals surface area contributed by atoms with Crippen LogP contribution in [0.15, 0.2) is 0 Å². The van der Waals surface area contributed by atoms with E-state index in [0.717, 1.165) is 19.0 Å². The third-order valence-corrected chi connectivity index (χ3v) is 1.79. The van der Waals surface area contributed by atoms with E-state index in [4.69, 9.17) is 0 Å². The standard InChI is InChI=1S/C5H11O2P.Mo/c6-5(7)3-1-2-4-8;/h1-4,8H2,(H,6,7);/q;+1/p-1. The zero-order valence-corrected chi connectivity index (χ0v) is 8.29. The normalized spacial score (nSPS) is 9.00. The maximum absolute atomic E-state index is 10.5. The van der Waals surface area contributed by atoms with E-state index in [1.165, 1.54) is 20.2 Å². The SMILES string of the molecule is O=C(CCCCP)[O][Mo]. The quantitative estimate of drug-likeness (QED) is 0.409. The van der Waals surface area contributed by atoms with Crippen LogP contribution in [0.2, 0.25) is 0 Å². The summed E-state index contributed by atoms with van der Waals surface area (Å²) in [4.78, 5) is 10.5. The molecule has 53 valence electrons. The van der Waals surface area contributed by atoms with Crippen LogP contribution in [0.3, 0.4) is 0 Å². The van der Waals surface area contributed by atoms with Gasteiger partial charge in [-0.1, -0.05) is 0 Å². The van der Waals surface area contributed by atoms with Gasteiger partial charge in [0.25, 0.3) is 0 Å². The van der Waals surface area contributed by atoms with Crippen molar-refractivity contribution in [2.24, 2.45) is 0 Å². The van der Waals surface area contributed by atoms with E-state index in [1.54, 1.807) is 0 Å². The van der Waals surface area contributed by atoms with Gasteiger partial charge >= 0.3 is 69.0 Å². The molecular formula is C5H10MoO2P. The number of hydrogen-bond acceptors (Lipinski definition) is 2. The molecule has 9 heavy (non-hydrogen) atoms. The van der Waals surface area contributed by atoms with Crippen molar-refractivity contribution in [1.29, 1.82) is 0 Å². The van der Waals surface area contributed by atoms with Crippen molar-refractivity contribution >= 4 is 15.2 Å². The summed E-state index contributed by atoms with van der Waals surface area (Å²) in [7, 11) is 2.62. The molecule has 2 nitrogen and oxygen atoms in total. The molecule has 0 spiro atoms. The van der Waals surface area contributed by atoms with Crippen LogP contribution in [0.4, 0.5) is 0 Å². The Morgan fingerprint density at radius 2 is 2.22 bits per heavy atom. The Bertz CT molecular complexity index is 87.0. The molecule has 0 heterocycles. The Balaban J connectivity index is 2.97. The van der Waals surface area contributed by atoms with Gasteiger partial charge in [-0.3, -0.25) is 0 Å². The van der Waals surface area contributed by atoms with Gasteiger partial charge in [0.1, 0.15) is 0 Å². The second-order valence-corrected chi connectivity index (χ2v) is 2.69. The van der Waals surface area contributed by atoms with Crippen LogP contribution >= 0.6 is 9.24 Å². The van der Waals surface area contributed by atoms with Gasteiger partial charge < -0.3 is 0 Å². The van der Waals surface area contributed by atoms with Gasteiger partial charge in [0.15, 0.2) is 0 Å². The zero-order valence-electron chi connectivity index (χ0n) is 5.13. The molecule has 0 saturated carbocycles. The first kappa shape index (κ1) is 9.59. The number of hydrogen-bond donors (Lipinski definition) is 0. The predicted molar refractivity (Wildman–Crippen MR) is 34.5 cm³/mol. The average molecular weight is 229 g/mol. The Labute approximate surface area is 69.3 Å². The molecule has 0 saturated heterocycles. The van der Waals surface area contributed by atoms with Crippen molar-refractivity contribution in [2.45, 2.75) is 19.3 Å². The maximum atomic E-state index is 10.5. The van der Waals surface area contributed by atoms with Crippen molar-refractivity contribution in [2.75, 3.05) is 6.16 Å². The van der Waals surface area contributed by atoms with Gasteiger partial charge in [0.2, 0.25) is 0 Å². The molecule has 0 radical (unpaired) electrons. The van der Waals surface area contributed by atoms with Crippen LogP contribution in [-0.4, -0.2) is 12.1 Å². The molecule has 4 heteroatoms. The third-order valence-electron chi connectivity index (χ3n) is 0.928. The van der Waals surface area contributed by atoms with Gasteiger partial charge in [0.05, 0.1) is 0 Å². The fraction of sp³-hybridized carbons (Fsp3) is 0.800. The topological polar surface area (TPSA) is 26.3 Å².